The normalized spacial score (nSPS) is 9.38. The SMILES string of the molecule is C=CO[Si](O)(O)O.[H-].[Li+]. The third-order valence-electron chi connectivity index (χ3n) is 0.241. The molecule has 4 nitrogen and oxygen atoms in total. The Balaban J connectivity index is -0.000000180. The van der Waals surface area contributed by atoms with Gasteiger partial charge in [-0.05, 0) is 0 Å². The molecule has 0 saturated heterocycles. The Labute approximate surface area is 61.6 Å². The van der Waals surface area contributed by atoms with Crippen LogP contribution in [0.2, 0.25) is 0 Å². The van der Waals surface area contributed by atoms with Gasteiger partial charge in [-0.3, -0.25) is 0 Å². The molecular formula is C2H7LiO4Si. The van der Waals surface area contributed by atoms with E-state index in [1.165, 1.54) is 0 Å². The van der Waals surface area contributed by atoms with E-state index in [0.29, 0.717) is 0 Å². The van der Waals surface area contributed by atoms with Gasteiger partial charge in [-0.15, -0.1) is 0 Å². The molecule has 0 aliphatic rings. The molecule has 3 N–H and O–H groups in total. The van der Waals surface area contributed by atoms with Gasteiger partial charge in [-0.25, -0.2) is 0 Å². The van der Waals surface area contributed by atoms with Crippen LogP contribution in [0.5, 0.6) is 0 Å². The van der Waals surface area contributed by atoms with E-state index in [2.05, 4.69) is 11.0 Å². The second kappa shape index (κ2) is 4.15. The molecule has 0 amide bonds. The molecule has 0 aromatic heterocycles. The third kappa shape index (κ3) is 9.53. The molecule has 0 rings (SSSR count). The quantitative estimate of drug-likeness (QED) is 0.261. The first-order chi connectivity index (χ1) is 3.06. The summed E-state index contributed by atoms with van der Waals surface area (Å²) in [5, 5.41) is 0. The zero-order chi connectivity index (χ0) is 5.91. The molecule has 0 aromatic carbocycles. The minimum atomic E-state index is -4.28. The van der Waals surface area contributed by atoms with Gasteiger partial charge in [0.2, 0.25) is 0 Å². The molecule has 0 atom stereocenters. The molecule has 0 unspecified atom stereocenters. The van der Waals surface area contributed by atoms with Gasteiger partial charge in [0, 0.05) is 0 Å². The smallest absolute Gasteiger partial charge is 1.00 e. The van der Waals surface area contributed by atoms with Crippen LogP contribution < -0.4 is 18.9 Å². The van der Waals surface area contributed by atoms with E-state index in [1.807, 2.05) is 0 Å². The first-order valence-electron chi connectivity index (χ1n) is 1.52. The Hall–Kier alpha value is 0.234. The Morgan fingerprint density at radius 2 is 1.88 bits per heavy atom. The maximum atomic E-state index is 7.97. The van der Waals surface area contributed by atoms with Gasteiger partial charge in [0.05, 0.1) is 6.26 Å². The summed E-state index contributed by atoms with van der Waals surface area (Å²) in [6.45, 7) is 2.98. The van der Waals surface area contributed by atoms with Crippen LogP contribution in [0.1, 0.15) is 1.43 Å². The maximum Gasteiger partial charge on any atom is 1.00 e. The average Bonchev–Trinajstić information content (AvgIpc) is 1.30. The fourth-order valence-corrected chi connectivity index (χ4v) is 0.335. The van der Waals surface area contributed by atoms with Crippen molar-refractivity contribution in [3.8, 4) is 0 Å². The molecule has 0 aliphatic heterocycles. The van der Waals surface area contributed by atoms with Crippen LogP contribution in [-0.4, -0.2) is 23.4 Å². The number of rotatable bonds is 2. The minimum absolute atomic E-state index is 0. The van der Waals surface area contributed by atoms with Gasteiger partial charge < -0.3 is 20.2 Å². The molecule has 44 valence electrons. The van der Waals surface area contributed by atoms with E-state index in [0.717, 1.165) is 6.26 Å². The van der Waals surface area contributed by atoms with Gasteiger partial charge in [0.1, 0.15) is 0 Å². The largest absolute Gasteiger partial charge is 1.00 e. The van der Waals surface area contributed by atoms with Crippen molar-refractivity contribution in [3.05, 3.63) is 12.8 Å². The van der Waals surface area contributed by atoms with Crippen molar-refractivity contribution in [2.75, 3.05) is 0 Å². The van der Waals surface area contributed by atoms with Gasteiger partial charge >= 0.3 is 27.9 Å². The van der Waals surface area contributed by atoms with Gasteiger partial charge in [0.15, 0.2) is 0 Å². The van der Waals surface area contributed by atoms with Crippen molar-refractivity contribution in [3.63, 3.8) is 0 Å². The molecule has 0 saturated carbocycles. The van der Waals surface area contributed by atoms with E-state index < -0.39 is 9.05 Å². The van der Waals surface area contributed by atoms with E-state index >= 15 is 0 Å². The Morgan fingerprint density at radius 3 is 1.88 bits per heavy atom. The van der Waals surface area contributed by atoms with Crippen LogP contribution in [0.25, 0.3) is 0 Å². The predicted molar refractivity (Wildman–Crippen MR) is 24.8 cm³/mol. The second-order valence-electron chi connectivity index (χ2n) is 0.858. The van der Waals surface area contributed by atoms with Crippen LogP contribution in [-0.2, 0) is 4.43 Å². The Kier molecular flexibility index (Phi) is 5.75. The number of hydrogen-bond donors (Lipinski definition) is 3. The molecule has 0 fully saturated rings. The molecule has 0 radical (unpaired) electrons. The van der Waals surface area contributed by atoms with Crippen LogP contribution >= 0.6 is 0 Å². The molecule has 0 spiro atoms. The summed E-state index contributed by atoms with van der Waals surface area (Å²) >= 11 is 0. The van der Waals surface area contributed by atoms with Crippen molar-refractivity contribution < 1.29 is 39.1 Å². The minimum Gasteiger partial charge on any atom is -1.00 e. The van der Waals surface area contributed by atoms with Crippen LogP contribution in [0.15, 0.2) is 12.8 Å². The first kappa shape index (κ1) is 11.1. The maximum absolute atomic E-state index is 7.97. The fourth-order valence-electron chi connectivity index (χ4n) is 0.112. The van der Waals surface area contributed by atoms with Crippen molar-refractivity contribution in [1.29, 1.82) is 0 Å². The van der Waals surface area contributed by atoms with E-state index in [9.17, 15) is 0 Å². The van der Waals surface area contributed by atoms with E-state index in [1.54, 1.807) is 0 Å². The van der Waals surface area contributed by atoms with Gasteiger partial charge in [-0.1, -0.05) is 6.58 Å². The molecule has 0 aliphatic carbocycles. The first-order valence-corrected chi connectivity index (χ1v) is 3.27. The van der Waals surface area contributed by atoms with E-state index in [-0.39, 0.29) is 20.3 Å². The number of hydrogen-bond acceptors (Lipinski definition) is 4. The van der Waals surface area contributed by atoms with Gasteiger partial charge in [-0.2, -0.15) is 0 Å². The van der Waals surface area contributed by atoms with Crippen LogP contribution in [0.3, 0.4) is 0 Å². The summed E-state index contributed by atoms with van der Waals surface area (Å²) < 4.78 is 3.80. The molecule has 0 bridgehead atoms. The second-order valence-corrected chi connectivity index (χ2v) is 2.24. The predicted octanol–water partition coefficient (Wildman–Crippen LogP) is -4.32. The van der Waals surface area contributed by atoms with E-state index in [4.69, 9.17) is 14.4 Å². The molecular weight excluding hydrogens is 123 g/mol. The summed E-state index contributed by atoms with van der Waals surface area (Å²) in [5.74, 6) is 0. The summed E-state index contributed by atoms with van der Waals surface area (Å²) in [7, 11) is -4.28. The summed E-state index contributed by atoms with van der Waals surface area (Å²) in [4.78, 5) is 23.9. The Bertz CT molecular complexity index is 73.5. The zero-order valence-electron chi connectivity index (χ0n) is 5.53. The average molecular weight is 130 g/mol. The van der Waals surface area contributed by atoms with Crippen molar-refractivity contribution >= 4 is 9.05 Å². The molecule has 6 heteroatoms. The van der Waals surface area contributed by atoms with Crippen molar-refractivity contribution in [1.82, 2.24) is 0 Å². The zero-order valence-corrected chi connectivity index (χ0v) is 5.53. The molecule has 0 heterocycles. The third-order valence-corrected chi connectivity index (χ3v) is 0.724. The fraction of sp³-hybridized carbons (Fsp3) is 0. The summed E-state index contributed by atoms with van der Waals surface area (Å²) in [5.41, 5.74) is 0. The molecule has 0 aromatic rings. The summed E-state index contributed by atoms with van der Waals surface area (Å²) in [6, 6.07) is 0. The molecule has 8 heavy (non-hydrogen) atoms. The van der Waals surface area contributed by atoms with Crippen molar-refractivity contribution in [2.45, 2.75) is 0 Å². The van der Waals surface area contributed by atoms with Crippen LogP contribution in [0.4, 0.5) is 0 Å². The van der Waals surface area contributed by atoms with Gasteiger partial charge in [0.25, 0.3) is 0 Å². The monoisotopic (exact) mass is 130 g/mol. The van der Waals surface area contributed by atoms with Crippen molar-refractivity contribution in [2.24, 2.45) is 0 Å². The topological polar surface area (TPSA) is 69.9 Å². The summed E-state index contributed by atoms with van der Waals surface area (Å²) in [6.07, 6.45) is 0.770. The Morgan fingerprint density at radius 1 is 1.50 bits per heavy atom. The van der Waals surface area contributed by atoms with Crippen LogP contribution in [0, 0.1) is 0 Å². The standard InChI is InChI=1S/C2H6O4Si.Li.H/c1-2-6-7(3,4)5;;/h2-5H,1H2;;/q;+1;-1.